The highest BCUT2D eigenvalue weighted by Gasteiger charge is 2.19. The molecule has 0 saturated carbocycles. The lowest BCUT2D eigenvalue weighted by atomic mass is 10.0. The number of hydrogen-bond acceptors (Lipinski definition) is 1. The van der Waals surface area contributed by atoms with Gasteiger partial charge >= 0.3 is 0 Å². The van der Waals surface area contributed by atoms with Crippen LogP contribution in [0.25, 0.3) is 0 Å². The van der Waals surface area contributed by atoms with Gasteiger partial charge in [0.2, 0.25) is 0 Å². The molecule has 0 radical (unpaired) electrons. The Hall–Kier alpha value is -0.190. The quantitative estimate of drug-likeness (QED) is 0.723. The van der Waals surface area contributed by atoms with E-state index in [0.29, 0.717) is 29.5 Å². The highest BCUT2D eigenvalue weighted by atomic mass is 79.9. The van der Waals surface area contributed by atoms with E-state index in [9.17, 15) is 8.78 Å². The minimum atomic E-state index is -0.771. The molecule has 0 unspecified atom stereocenters. The third kappa shape index (κ3) is 1.92. The van der Waals surface area contributed by atoms with Crippen molar-refractivity contribution in [3.8, 4) is 0 Å². The molecule has 0 aliphatic carbocycles. The molecule has 0 saturated heterocycles. The molecular weight excluding hydrogens is 275 g/mol. The number of halogens is 4. The molecule has 0 amide bonds. The zero-order valence-electron chi connectivity index (χ0n) is 7.24. The van der Waals surface area contributed by atoms with Crippen LogP contribution in [0.4, 0.5) is 8.78 Å². The first-order chi connectivity index (χ1) is 6.20. The predicted molar refractivity (Wildman–Crippen MR) is 56.7 cm³/mol. The molecule has 1 N–H and O–H groups in total. The van der Waals surface area contributed by atoms with Crippen molar-refractivity contribution in [1.82, 2.24) is 5.32 Å². The Labute approximate surface area is 95.4 Å². The van der Waals surface area contributed by atoms with Gasteiger partial charge in [-0.25, -0.2) is 8.78 Å². The monoisotopic (exact) mass is 283 g/mol. The molecule has 0 bridgehead atoms. The summed E-state index contributed by atoms with van der Waals surface area (Å²) in [5.41, 5.74) is 1.34. The van der Waals surface area contributed by atoms with E-state index in [0.717, 1.165) is 5.56 Å². The fourth-order valence-electron chi connectivity index (χ4n) is 1.56. The van der Waals surface area contributed by atoms with Gasteiger partial charge in [0, 0.05) is 11.0 Å². The smallest absolute Gasteiger partial charge is 0.162 e. The molecule has 1 aromatic carbocycles. The van der Waals surface area contributed by atoms with E-state index >= 15 is 0 Å². The SMILES string of the molecule is Cl.Fc1cc(Br)c2c(c1F)CCNC2. The second-order valence-electron chi connectivity index (χ2n) is 3.04. The molecule has 1 aliphatic heterocycles. The van der Waals surface area contributed by atoms with Gasteiger partial charge in [0.25, 0.3) is 0 Å². The van der Waals surface area contributed by atoms with E-state index in [-0.39, 0.29) is 12.4 Å². The summed E-state index contributed by atoms with van der Waals surface area (Å²) in [5.74, 6) is -1.47. The van der Waals surface area contributed by atoms with Gasteiger partial charge in [-0.05, 0) is 30.2 Å². The number of rotatable bonds is 0. The van der Waals surface area contributed by atoms with Crippen molar-refractivity contribution in [2.75, 3.05) is 6.54 Å². The van der Waals surface area contributed by atoms with Gasteiger partial charge in [-0.3, -0.25) is 0 Å². The Balaban J connectivity index is 0.000000980. The van der Waals surface area contributed by atoms with Crippen molar-refractivity contribution in [3.63, 3.8) is 0 Å². The lowest BCUT2D eigenvalue weighted by Crippen LogP contribution is -2.25. The van der Waals surface area contributed by atoms with Crippen LogP contribution >= 0.6 is 28.3 Å². The Kier molecular flexibility index (Phi) is 3.86. The summed E-state index contributed by atoms with van der Waals surface area (Å²) < 4.78 is 26.8. The van der Waals surface area contributed by atoms with Gasteiger partial charge in [-0.1, -0.05) is 15.9 Å². The molecule has 0 spiro atoms. The predicted octanol–water partition coefficient (Wildman–Crippen LogP) is 2.79. The van der Waals surface area contributed by atoms with Crippen molar-refractivity contribution < 1.29 is 8.78 Å². The average Bonchev–Trinajstić information content (AvgIpc) is 2.15. The van der Waals surface area contributed by atoms with Crippen LogP contribution < -0.4 is 5.32 Å². The summed E-state index contributed by atoms with van der Waals surface area (Å²) in [6.45, 7) is 1.31. The van der Waals surface area contributed by atoms with Gasteiger partial charge < -0.3 is 5.32 Å². The molecular formula is C9H9BrClF2N. The van der Waals surface area contributed by atoms with Gasteiger partial charge in [-0.2, -0.15) is 0 Å². The van der Waals surface area contributed by atoms with E-state index in [1.54, 1.807) is 0 Å². The number of nitrogens with one attached hydrogen (secondary N) is 1. The molecule has 1 heterocycles. The van der Waals surface area contributed by atoms with Gasteiger partial charge in [0.05, 0.1) is 0 Å². The molecule has 5 heteroatoms. The van der Waals surface area contributed by atoms with Crippen molar-refractivity contribution >= 4 is 28.3 Å². The summed E-state index contributed by atoms with van der Waals surface area (Å²) in [6, 6.07) is 1.18. The standard InChI is InChI=1S/C9H8BrF2N.ClH/c10-7-3-8(11)9(12)5-1-2-13-4-6(5)7;/h3,13H,1-2,4H2;1H. The first-order valence-electron chi connectivity index (χ1n) is 4.06. The maximum absolute atomic E-state index is 13.2. The van der Waals surface area contributed by atoms with E-state index in [2.05, 4.69) is 21.2 Å². The molecule has 78 valence electrons. The zero-order valence-corrected chi connectivity index (χ0v) is 9.64. The van der Waals surface area contributed by atoms with Crippen molar-refractivity contribution in [2.45, 2.75) is 13.0 Å². The summed E-state index contributed by atoms with van der Waals surface area (Å²) in [7, 11) is 0. The molecule has 1 nitrogen and oxygen atoms in total. The second kappa shape index (κ2) is 4.55. The third-order valence-corrected chi connectivity index (χ3v) is 2.94. The first kappa shape index (κ1) is 11.9. The number of benzene rings is 1. The van der Waals surface area contributed by atoms with E-state index < -0.39 is 11.6 Å². The topological polar surface area (TPSA) is 12.0 Å². The fourth-order valence-corrected chi connectivity index (χ4v) is 2.14. The van der Waals surface area contributed by atoms with Crippen LogP contribution in [0.5, 0.6) is 0 Å². The van der Waals surface area contributed by atoms with Crippen molar-refractivity contribution in [3.05, 3.63) is 33.3 Å². The Morgan fingerprint density at radius 2 is 2.00 bits per heavy atom. The summed E-state index contributed by atoms with van der Waals surface area (Å²) in [4.78, 5) is 0. The highest BCUT2D eigenvalue weighted by molar-refractivity contribution is 9.10. The molecule has 0 aromatic heterocycles. The largest absolute Gasteiger partial charge is 0.312 e. The van der Waals surface area contributed by atoms with Crippen molar-refractivity contribution in [1.29, 1.82) is 0 Å². The Morgan fingerprint density at radius 3 is 2.71 bits per heavy atom. The lowest BCUT2D eigenvalue weighted by molar-refractivity contribution is 0.484. The van der Waals surface area contributed by atoms with E-state index in [1.807, 2.05) is 0 Å². The average molecular weight is 285 g/mol. The van der Waals surface area contributed by atoms with Crippen LogP contribution in [0.3, 0.4) is 0 Å². The molecule has 0 fully saturated rings. The first-order valence-corrected chi connectivity index (χ1v) is 4.85. The molecule has 1 aromatic rings. The minimum absolute atomic E-state index is 0. The van der Waals surface area contributed by atoms with E-state index in [4.69, 9.17) is 0 Å². The number of fused-ring (bicyclic) bond motifs is 1. The van der Waals surface area contributed by atoms with Crippen LogP contribution in [0.15, 0.2) is 10.5 Å². The molecule has 14 heavy (non-hydrogen) atoms. The van der Waals surface area contributed by atoms with Crippen LogP contribution in [0.1, 0.15) is 11.1 Å². The molecule has 1 aliphatic rings. The maximum atomic E-state index is 13.2. The van der Waals surface area contributed by atoms with E-state index in [1.165, 1.54) is 6.07 Å². The van der Waals surface area contributed by atoms with Crippen LogP contribution in [-0.4, -0.2) is 6.54 Å². The van der Waals surface area contributed by atoms with Crippen LogP contribution in [-0.2, 0) is 13.0 Å². The van der Waals surface area contributed by atoms with Crippen LogP contribution in [0.2, 0.25) is 0 Å². The van der Waals surface area contributed by atoms with Gasteiger partial charge in [0.1, 0.15) is 0 Å². The molecule has 2 rings (SSSR count). The van der Waals surface area contributed by atoms with Crippen molar-refractivity contribution in [2.24, 2.45) is 0 Å². The number of hydrogen-bond donors (Lipinski definition) is 1. The van der Waals surface area contributed by atoms with Crippen LogP contribution in [0, 0.1) is 11.6 Å². The second-order valence-corrected chi connectivity index (χ2v) is 3.89. The normalized spacial score (nSPS) is 14.5. The fraction of sp³-hybridized carbons (Fsp3) is 0.333. The Morgan fingerprint density at radius 1 is 1.29 bits per heavy atom. The lowest BCUT2D eigenvalue weighted by Gasteiger charge is -2.19. The third-order valence-electron chi connectivity index (χ3n) is 2.23. The van der Waals surface area contributed by atoms with Gasteiger partial charge in [-0.15, -0.1) is 12.4 Å². The highest BCUT2D eigenvalue weighted by Crippen LogP contribution is 2.27. The van der Waals surface area contributed by atoms with Gasteiger partial charge in [0.15, 0.2) is 11.6 Å². The summed E-state index contributed by atoms with van der Waals surface area (Å²) in [6.07, 6.45) is 0.553. The summed E-state index contributed by atoms with van der Waals surface area (Å²) >= 11 is 3.22. The maximum Gasteiger partial charge on any atom is 0.162 e. The summed E-state index contributed by atoms with van der Waals surface area (Å²) in [5, 5.41) is 3.11. The zero-order chi connectivity index (χ0) is 9.42. The minimum Gasteiger partial charge on any atom is -0.312 e. The Bertz CT molecular complexity index is 357. The molecule has 0 atom stereocenters.